The predicted molar refractivity (Wildman–Crippen MR) is 371 cm³/mol. The lowest BCUT2D eigenvalue weighted by molar-refractivity contribution is -0.570. The minimum Gasteiger partial charge on any atom is -0.458 e. The summed E-state index contributed by atoms with van der Waals surface area (Å²) in [6, 6.07) is 56.2. The summed E-state index contributed by atoms with van der Waals surface area (Å²) in [5.74, 6) is 1.53. The number of hydrogen-bond acceptors (Lipinski definition) is 2. The fraction of sp³-hybridized carbons (Fsp3) is 0.214. The van der Waals surface area contributed by atoms with E-state index in [1.165, 1.54) is 60.7 Å². The molecule has 438 valence electrons. The van der Waals surface area contributed by atoms with Gasteiger partial charge < -0.3 is 4.74 Å². The molecule has 0 bridgehead atoms. The normalized spacial score (nSPS) is 17.8. The largest absolute Gasteiger partial charge is 0.458 e. The Morgan fingerprint density at radius 1 is 0.472 bits per heavy atom. The van der Waals surface area contributed by atoms with E-state index in [0.717, 1.165) is 51.3 Å². The monoisotopic (exact) mass is 1170 g/mol. The molecule has 0 amide bonds. The van der Waals surface area contributed by atoms with E-state index in [0.29, 0.717) is 61.9 Å². The Balaban J connectivity index is 1.13. The topological polar surface area (TPSA) is 35.9 Å². The number of imidazole rings is 1. The van der Waals surface area contributed by atoms with Crippen LogP contribution in [0.15, 0.2) is 200 Å². The molecule has 5 nitrogen and oxygen atoms in total. The first-order valence-electron chi connectivity index (χ1n) is 39.2. The molecule has 2 aliphatic rings. The maximum absolute atomic E-state index is 9.36. The van der Waals surface area contributed by atoms with Crippen LogP contribution in [0.3, 0.4) is 0 Å². The maximum atomic E-state index is 9.36. The number of benzene rings is 10. The highest BCUT2D eigenvalue weighted by Gasteiger charge is 2.39. The molecule has 15 rings (SSSR count). The minimum atomic E-state index is -3.05. The number of pyridine rings is 1. The third-order valence-electron chi connectivity index (χ3n) is 18.7. The molecule has 3 aromatic heterocycles. The Hall–Kier alpha value is -9.58. The van der Waals surface area contributed by atoms with Gasteiger partial charge in [-0.3, -0.25) is 13.7 Å². The molecular weight excluding hydrogens is 1080 g/mol. The van der Waals surface area contributed by atoms with Gasteiger partial charge in [0.25, 0.3) is 6.33 Å². The SMILES string of the molecule is [2H]C([2H])([2H])c1cccc(C([2H])([2H])[2H])c1-c1cc2c(c(-c3c(C([2H])([2H])[2H])cccc3C([2H])([2H])[2H])c1)-[n+]1[c-]n(-c3cccc(Oc4ccc5c6ccccc6n(-c6cc(C(C)(C)C)ccn6)c5c4)c3)c3cc(-c4c(C([2H])([2H])[2H])cccc4C([2H])([2H])[2H])cc(c31)-c1ccccc1-c1cc3c(cc1-2)C(C)(C)CCC3(C)C. The van der Waals surface area contributed by atoms with Gasteiger partial charge in [-0.2, -0.15) is 0 Å². The highest BCUT2D eigenvalue weighted by Crippen LogP contribution is 2.54. The van der Waals surface area contributed by atoms with Crippen molar-refractivity contribution in [3.8, 4) is 95.5 Å². The molecule has 0 fully saturated rings. The van der Waals surface area contributed by atoms with Crippen molar-refractivity contribution in [1.82, 2.24) is 14.1 Å². The lowest BCUT2D eigenvalue weighted by Crippen LogP contribution is -2.34. The summed E-state index contributed by atoms with van der Waals surface area (Å²) in [6.07, 6.45) is 7.10. The third-order valence-corrected chi connectivity index (χ3v) is 18.7. The molecule has 4 heterocycles. The second-order valence-corrected chi connectivity index (χ2v) is 26.3. The van der Waals surface area contributed by atoms with Gasteiger partial charge in [0.2, 0.25) is 0 Å². The van der Waals surface area contributed by atoms with Crippen molar-refractivity contribution in [2.24, 2.45) is 0 Å². The van der Waals surface area contributed by atoms with Crippen LogP contribution in [-0.4, -0.2) is 14.1 Å². The van der Waals surface area contributed by atoms with Crippen LogP contribution in [0.5, 0.6) is 11.5 Å². The van der Waals surface area contributed by atoms with E-state index >= 15 is 0 Å². The zero-order valence-corrected chi connectivity index (χ0v) is 50.7. The first-order chi connectivity index (χ1) is 50.0. The molecule has 0 atom stereocenters. The maximum Gasteiger partial charge on any atom is 0.269 e. The van der Waals surface area contributed by atoms with E-state index in [4.69, 9.17) is 26.2 Å². The van der Waals surface area contributed by atoms with Crippen LogP contribution in [0.4, 0.5) is 0 Å². The number of ether oxygens (including phenoxy) is 1. The summed E-state index contributed by atoms with van der Waals surface area (Å²) in [7, 11) is 0. The summed E-state index contributed by atoms with van der Waals surface area (Å²) < 4.78 is 178. The molecule has 13 aromatic rings. The van der Waals surface area contributed by atoms with Gasteiger partial charge in [0.15, 0.2) is 0 Å². The molecule has 10 aromatic carbocycles. The fourth-order valence-corrected chi connectivity index (χ4v) is 14.0. The molecule has 0 unspecified atom stereocenters. The zero-order valence-electron chi connectivity index (χ0n) is 68.7. The van der Waals surface area contributed by atoms with Crippen LogP contribution in [0, 0.1) is 47.4 Å². The average molecular weight is 1180 g/mol. The van der Waals surface area contributed by atoms with E-state index < -0.39 is 51.9 Å². The molecule has 1 aliphatic carbocycles. The Kier molecular flexibility index (Phi) is 9.06. The quantitative estimate of drug-likeness (QED) is 0.118. The number of fused-ring (bicyclic) bond motifs is 11. The van der Waals surface area contributed by atoms with E-state index in [-0.39, 0.29) is 83.4 Å². The highest BCUT2D eigenvalue weighted by atomic mass is 16.5. The van der Waals surface area contributed by atoms with Crippen LogP contribution in [-0.2, 0) is 16.2 Å². The Morgan fingerprint density at radius 2 is 1.01 bits per heavy atom. The molecule has 89 heavy (non-hydrogen) atoms. The second kappa shape index (κ2) is 20.5. The highest BCUT2D eigenvalue weighted by molar-refractivity contribution is 6.10. The number of rotatable bonds is 7. The summed E-state index contributed by atoms with van der Waals surface area (Å²) in [5.41, 5.74) is 5.64. The molecule has 0 spiro atoms. The Labute approximate surface area is 549 Å². The lowest BCUT2D eigenvalue weighted by Gasteiger charge is -2.42. The van der Waals surface area contributed by atoms with Gasteiger partial charge in [-0.1, -0.05) is 164 Å². The van der Waals surface area contributed by atoms with Crippen LogP contribution in [0.1, 0.15) is 136 Å². The van der Waals surface area contributed by atoms with Crippen LogP contribution >= 0.6 is 0 Å². The summed E-state index contributed by atoms with van der Waals surface area (Å²) >= 11 is 0. The fourth-order valence-electron chi connectivity index (χ4n) is 14.0. The number of aromatic nitrogens is 4. The van der Waals surface area contributed by atoms with Gasteiger partial charge in [-0.15, -0.1) is 0 Å². The van der Waals surface area contributed by atoms with Crippen LogP contribution in [0.2, 0.25) is 0 Å². The molecule has 1 aliphatic heterocycles. The predicted octanol–water partition coefficient (Wildman–Crippen LogP) is 21.8. The van der Waals surface area contributed by atoms with Gasteiger partial charge >= 0.3 is 0 Å². The van der Waals surface area contributed by atoms with Crippen LogP contribution < -0.4 is 9.30 Å². The molecule has 0 radical (unpaired) electrons. The smallest absolute Gasteiger partial charge is 0.269 e. The average Bonchev–Trinajstić information content (AvgIpc) is 1.65. The molecular formula is C84H76N4O. The first-order valence-corrected chi connectivity index (χ1v) is 30.2. The van der Waals surface area contributed by atoms with Gasteiger partial charge in [-0.25, -0.2) is 4.98 Å². The van der Waals surface area contributed by atoms with E-state index in [1.807, 2.05) is 72.9 Å². The standard InChI is InChI=1S/C84H76N4O/c1-50-22-18-23-51(2)77(50)56-40-69-67-48-72-71(83(10,11)37-38-84(72,12)13)47-66(67)62-30-14-15-31-63(62)68-41-57(78-52(3)24-19-25-53(78)4)43-75-81(68)87(80(69)70(42-56)79-54(5)26-20-27-55(79)6)49-86(75)59-28-21-29-60(45-59)89-61-34-35-65-64-32-16-17-33-73(64)88(74(65)46-61)76-44-58(36-39-85-76)82(7,8)9/h14-36,39-48H,37-38H2,1-13H3/i1D3,2D3,3D3,4D3,5D3,6D3. The summed E-state index contributed by atoms with van der Waals surface area (Å²) in [6.45, 7) is -2.57. The van der Waals surface area contributed by atoms with Crippen molar-refractivity contribution in [2.75, 3.05) is 0 Å². The molecule has 0 saturated heterocycles. The van der Waals surface area contributed by atoms with Crippen molar-refractivity contribution in [1.29, 1.82) is 0 Å². The van der Waals surface area contributed by atoms with E-state index in [1.54, 1.807) is 45.5 Å². The van der Waals surface area contributed by atoms with Crippen molar-refractivity contribution in [2.45, 2.75) is 119 Å². The van der Waals surface area contributed by atoms with Crippen LogP contribution in [0.25, 0.3) is 117 Å². The Bertz CT molecular complexity index is 5730. The van der Waals surface area contributed by atoms with Gasteiger partial charge in [0.1, 0.15) is 17.3 Å². The zero-order chi connectivity index (χ0) is 76.6. The number of nitrogens with zero attached hydrogens (tertiary/aromatic N) is 4. The molecule has 0 saturated carbocycles. The van der Waals surface area contributed by atoms with Crippen molar-refractivity contribution >= 4 is 32.8 Å². The Morgan fingerprint density at radius 3 is 1.65 bits per heavy atom. The summed E-state index contributed by atoms with van der Waals surface area (Å²) in [4.78, 5) is 4.90. The molecule has 5 heteroatoms. The van der Waals surface area contributed by atoms with E-state index in [9.17, 15) is 8.22 Å². The van der Waals surface area contributed by atoms with Crippen molar-refractivity contribution in [3.05, 3.63) is 257 Å². The molecule has 0 N–H and O–H groups in total. The first kappa shape index (κ1) is 39.3. The number of aryl methyl sites for hydroxylation is 6. The lowest BCUT2D eigenvalue weighted by atomic mass is 9.62. The van der Waals surface area contributed by atoms with Gasteiger partial charge in [-0.05, 0) is 260 Å². The van der Waals surface area contributed by atoms with E-state index in [2.05, 4.69) is 89.7 Å². The number of para-hydroxylation sites is 1. The minimum absolute atomic E-state index is 0.0210. The van der Waals surface area contributed by atoms with Gasteiger partial charge in [0.05, 0.1) is 33.4 Å². The van der Waals surface area contributed by atoms with Crippen molar-refractivity contribution < 1.29 is 34.0 Å². The third kappa shape index (κ3) is 9.09. The van der Waals surface area contributed by atoms with Crippen molar-refractivity contribution in [3.63, 3.8) is 0 Å². The summed E-state index contributed by atoms with van der Waals surface area (Å²) in [5, 5.41) is 1.96. The number of hydrogen-bond donors (Lipinski definition) is 0. The van der Waals surface area contributed by atoms with Gasteiger partial charge in [0, 0.05) is 47.7 Å². The second-order valence-electron chi connectivity index (χ2n) is 26.3.